The van der Waals surface area contributed by atoms with E-state index in [2.05, 4.69) is 28.7 Å². The number of anilines is 1. The zero-order chi connectivity index (χ0) is 14.0. The summed E-state index contributed by atoms with van der Waals surface area (Å²) in [6.07, 6.45) is 3.14. The second-order valence-corrected chi connectivity index (χ2v) is 5.70. The predicted octanol–water partition coefficient (Wildman–Crippen LogP) is 2.86. The van der Waals surface area contributed by atoms with Crippen LogP contribution in [0.2, 0.25) is 0 Å². The predicted molar refractivity (Wildman–Crippen MR) is 76.5 cm³/mol. The van der Waals surface area contributed by atoms with Crippen LogP contribution in [0.1, 0.15) is 57.3 Å². The lowest BCUT2D eigenvalue weighted by atomic mass is 9.99. The molecular weight excluding hydrogens is 238 g/mol. The molecule has 0 radical (unpaired) electrons. The van der Waals surface area contributed by atoms with Gasteiger partial charge in [-0.3, -0.25) is 4.79 Å². The molecule has 1 atom stereocenters. The molecule has 0 spiro atoms. The number of carbonyl (C=O) groups excluding carboxylic acids is 1. The highest BCUT2D eigenvalue weighted by atomic mass is 16.1. The standard InChI is InChI=1S/C15H23N3O/c1-10(2)13-9-11(3)16-15(17-13)18-8-6-5-7-14(18)12(4)19/h9-10,14H,5-8H2,1-4H3. The number of ketones is 1. The Hall–Kier alpha value is -1.45. The van der Waals surface area contributed by atoms with Crippen molar-refractivity contribution in [3.05, 3.63) is 17.5 Å². The lowest BCUT2D eigenvalue weighted by molar-refractivity contribution is -0.118. The van der Waals surface area contributed by atoms with Crippen molar-refractivity contribution in [1.82, 2.24) is 9.97 Å². The number of aryl methyl sites for hydroxylation is 1. The van der Waals surface area contributed by atoms with Crippen molar-refractivity contribution in [3.8, 4) is 0 Å². The maximum Gasteiger partial charge on any atom is 0.226 e. The van der Waals surface area contributed by atoms with E-state index in [1.807, 2.05) is 13.0 Å². The lowest BCUT2D eigenvalue weighted by Crippen LogP contribution is -2.45. The molecule has 4 heteroatoms. The fourth-order valence-electron chi connectivity index (χ4n) is 2.59. The van der Waals surface area contributed by atoms with Gasteiger partial charge in [-0.05, 0) is 45.1 Å². The Morgan fingerprint density at radius 3 is 2.74 bits per heavy atom. The van der Waals surface area contributed by atoms with Gasteiger partial charge in [-0.2, -0.15) is 0 Å². The fraction of sp³-hybridized carbons (Fsp3) is 0.667. The summed E-state index contributed by atoms with van der Waals surface area (Å²) in [5, 5.41) is 0. The van der Waals surface area contributed by atoms with Crippen molar-refractivity contribution in [2.75, 3.05) is 11.4 Å². The molecule has 2 rings (SSSR count). The van der Waals surface area contributed by atoms with Gasteiger partial charge in [-0.25, -0.2) is 9.97 Å². The van der Waals surface area contributed by atoms with Gasteiger partial charge in [-0.15, -0.1) is 0 Å². The summed E-state index contributed by atoms with van der Waals surface area (Å²) in [4.78, 5) is 23.1. The van der Waals surface area contributed by atoms with Crippen LogP contribution in [0.4, 0.5) is 5.95 Å². The van der Waals surface area contributed by atoms with Crippen LogP contribution in [0.25, 0.3) is 0 Å². The number of piperidine rings is 1. The molecule has 0 saturated carbocycles. The van der Waals surface area contributed by atoms with E-state index in [-0.39, 0.29) is 11.8 Å². The molecule has 1 aromatic heterocycles. The third kappa shape index (κ3) is 3.11. The summed E-state index contributed by atoms with van der Waals surface area (Å²) in [7, 11) is 0. The van der Waals surface area contributed by atoms with E-state index in [1.54, 1.807) is 6.92 Å². The van der Waals surface area contributed by atoms with Gasteiger partial charge >= 0.3 is 0 Å². The molecule has 19 heavy (non-hydrogen) atoms. The Morgan fingerprint density at radius 2 is 2.11 bits per heavy atom. The largest absolute Gasteiger partial charge is 0.331 e. The molecule has 2 heterocycles. The van der Waals surface area contributed by atoms with E-state index in [9.17, 15) is 4.79 Å². The molecule has 1 unspecified atom stereocenters. The maximum absolute atomic E-state index is 11.8. The van der Waals surface area contributed by atoms with E-state index in [0.29, 0.717) is 5.92 Å². The number of rotatable bonds is 3. The van der Waals surface area contributed by atoms with Crippen LogP contribution in [0.5, 0.6) is 0 Å². The Balaban J connectivity index is 2.35. The van der Waals surface area contributed by atoms with E-state index in [4.69, 9.17) is 0 Å². The van der Waals surface area contributed by atoms with Crippen molar-refractivity contribution < 1.29 is 4.79 Å². The monoisotopic (exact) mass is 261 g/mol. The molecule has 4 nitrogen and oxygen atoms in total. The molecule has 1 saturated heterocycles. The second-order valence-electron chi connectivity index (χ2n) is 5.70. The van der Waals surface area contributed by atoms with Gasteiger partial charge in [-0.1, -0.05) is 13.8 Å². The van der Waals surface area contributed by atoms with Gasteiger partial charge in [0.15, 0.2) is 5.78 Å². The minimum absolute atomic E-state index is 0.0458. The molecule has 0 amide bonds. The summed E-state index contributed by atoms with van der Waals surface area (Å²) >= 11 is 0. The molecule has 0 N–H and O–H groups in total. The minimum Gasteiger partial charge on any atom is -0.331 e. The third-order valence-corrected chi connectivity index (χ3v) is 3.68. The number of aromatic nitrogens is 2. The first kappa shape index (κ1) is 14.0. The molecule has 0 bridgehead atoms. The Morgan fingerprint density at radius 1 is 1.37 bits per heavy atom. The smallest absolute Gasteiger partial charge is 0.226 e. The van der Waals surface area contributed by atoms with Crippen molar-refractivity contribution >= 4 is 11.7 Å². The number of hydrogen-bond donors (Lipinski definition) is 0. The molecule has 1 fully saturated rings. The van der Waals surface area contributed by atoms with E-state index < -0.39 is 0 Å². The normalized spacial score (nSPS) is 19.8. The summed E-state index contributed by atoms with van der Waals surface area (Å²) in [5.74, 6) is 1.32. The SMILES string of the molecule is CC(=O)C1CCCCN1c1nc(C)cc(C(C)C)n1. The summed E-state index contributed by atoms with van der Waals surface area (Å²) in [6, 6.07) is 1.98. The van der Waals surface area contributed by atoms with Crippen LogP contribution in [-0.4, -0.2) is 28.3 Å². The van der Waals surface area contributed by atoms with Crippen molar-refractivity contribution in [2.24, 2.45) is 0 Å². The Labute approximate surface area is 115 Å². The Bertz CT molecular complexity index is 470. The first-order valence-electron chi connectivity index (χ1n) is 7.11. The summed E-state index contributed by atoms with van der Waals surface area (Å²) in [5.41, 5.74) is 2.02. The van der Waals surface area contributed by atoms with E-state index >= 15 is 0 Å². The Kier molecular flexibility index (Phi) is 4.17. The highest BCUT2D eigenvalue weighted by Gasteiger charge is 2.28. The number of nitrogens with zero attached hydrogens (tertiary/aromatic N) is 3. The first-order chi connectivity index (χ1) is 8.99. The van der Waals surface area contributed by atoms with Gasteiger partial charge in [0, 0.05) is 17.9 Å². The molecule has 0 aromatic carbocycles. The molecule has 1 aromatic rings. The number of Topliss-reactive ketones (excluding diaryl/α,β-unsaturated/α-hetero) is 1. The van der Waals surface area contributed by atoms with Gasteiger partial charge in [0.05, 0.1) is 6.04 Å². The van der Waals surface area contributed by atoms with E-state index in [1.165, 1.54) is 0 Å². The average molecular weight is 261 g/mol. The molecule has 1 aliphatic rings. The summed E-state index contributed by atoms with van der Waals surface area (Å²) < 4.78 is 0. The van der Waals surface area contributed by atoms with Crippen LogP contribution >= 0.6 is 0 Å². The van der Waals surface area contributed by atoms with Crippen LogP contribution in [0.3, 0.4) is 0 Å². The number of carbonyl (C=O) groups is 1. The second kappa shape index (κ2) is 5.68. The maximum atomic E-state index is 11.8. The molecule has 104 valence electrons. The number of hydrogen-bond acceptors (Lipinski definition) is 4. The third-order valence-electron chi connectivity index (χ3n) is 3.68. The van der Waals surface area contributed by atoms with Gasteiger partial charge in [0.2, 0.25) is 5.95 Å². The topological polar surface area (TPSA) is 46.1 Å². The van der Waals surface area contributed by atoms with Crippen LogP contribution in [0, 0.1) is 6.92 Å². The zero-order valence-corrected chi connectivity index (χ0v) is 12.3. The summed E-state index contributed by atoms with van der Waals surface area (Å²) in [6.45, 7) is 8.80. The average Bonchev–Trinajstić information content (AvgIpc) is 2.37. The van der Waals surface area contributed by atoms with E-state index in [0.717, 1.165) is 43.1 Å². The highest BCUT2D eigenvalue weighted by Crippen LogP contribution is 2.24. The highest BCUT2D eigenvalue weighted by molar-refractivity contribution is 5.84. The van der Waals surface area contributed by atoms with Crippen LogP contribution in [0.15, 0.2) is 6.07 Å². The van der Waals surface area contributed by atoms with Gasteiger partial charge in [0.25, 0.3) is 0 Å². The van der Waals surface area contributed by atoms with Crippen molar-refractivity contribution in [1.29, 1.82) is 0 Å². The van der Waals surface area contributed by atoms with Crippen LogP contribution < -0.4 is 4.90 Å². The molecule has 0 aliphatic carbocycles. The lowest BCUT2D eigenvalue weighted by Gasteiger charge is -2.34. The quantitative estimate of drug-likeness (QED) is 0.839. The van der Waals surface area contributed by atoms with Crippen molar-refractivity contribution in [2.45, 2.75) is 58.9 Å². The zero-order valence-electron chi connectivity index (χ0n) is 12.3. The first-order valence-corrected chi connectivity index (χ1v) is 7.11. The fourth-order valence-corrected chi connectivity index (χ4v) is 2.59. The van der Waals surface area contributed by atoms with Gasteiger partial charge < -0.3 is 4.90 Å². The van der Waals surface area contributed by atoms with Crippen molar-refractivity contribution in [3.63, 3.8) is 0 Å². The van der Waals surface area contributed by atoms with Crippen LogP contribution in [-0.2, 0) is 4.79 Å². The minimum atomic E-state index is -0.0458. The molecule has 1 aliphatic heterocycles. The van der Waals surface area contributed by atoms with Gasteiger partial charge in [0.1, 0.15) is 0 Å². The molecular formula is C15H23N3O.